The van der Waals surface area contributed by atoms with Gasteiger partial charge in [0.25, 0.3) is 5.91 Å². The lowest BCUT2D eigenvalue weighted by Gasteiger charge is -2.15. The van der Waals surface area contributed by atoms with Crippen molar-refractivity contribution < 1.29 is 9.21 Å². The molecule has 0 aromatic carbocycles. The summed E-state index contributed by atoms with van der Waals surface area (Å²) in [6.07, 6.45) is 2.15. The molecular weight excluding hydrogens is 310 g/mol. The number of hydrogen-bond donors (Lipinski definition) is 1. The number of rotatable bonds is 2. The number of thiazole rings is 1. The maximum atomic E-state index is 12.4. The summed E-state index contributed by atoms with van der Waals surface area (Å²) in [4.78, 5) is 22.6. The van der Waals surface area contributed by atoms with Crippen molar-refractivity contribution in [3.8, 4) is 0 Å². The monoisotopic (exact) mass is 327 g/mol. The molecule has 0 saturated carbocycles. The third-order valence-corrected chi connectivity index (χ3v) is 5.30. The number of carbonyl (C=O) groups is 1. The fraction of sp³-hybridized carbons (Fsp3) is 0.353. The van der Waals surface area contributed by atoms with Gasteiger partial charge in [-0.3, -0.25) is 10.1 Å². The zero-order valence-electron chi connectivity index (χ0n) is 13.3. The molecule has 5 nitrogen and oxygen atoms in total. The molecule has 118 valence electrons. The van der Waals surface area contributed by atoms with Gasteiger partial charge in [-0.25, -0.2) is 9.97 Å². The molecule has 3 heterocycles. The topological polar surface area (TPSA) is 68.0 Å². The van der Waals surface area contributed by atoms with Crippen LogP contribution in [-0.2, 0) is 11.8 Å². The summed E-state index contributed by atoms with van der Waals surface area (Å²) in [5, 5.41) is 3.48. The van der Waals surface area contributed by atoms with Crippen molar-refractivity contribution >= 4 is 33.5 Å². The Hall–Kier alpha value is -2.21. The molecule has 1 amide bonds. The van der Waals surface area contributed by atoms with Gasteiger partial charge in [0.1, 0.15) is 5.52 Å². The zero-order chi connectivity index (χ0) is 16.2. The Labute approximate surface area is 137 Å². The van der Waals surface area contributed by atoms with Gasteiger partial charge >= 0.3 is 0 Å². The van der Waals surface area contributed by atoms with Gasteiger partial charge in [0.15, 0.2) is 16.5 Å². The zero-order valence-corrected chi connectivity index (χ0v) is 14.1. The molecule has 1 aliphatic rings. The molecule has 0 saturated heterocycles. The molecule has 0 atom stereocenters. The van der Waals surface area contributed by atoms with Gasteiger partial charge in [0, 0.05) is 22.1 Å². The quantitative estimate of drug-likeness (QED) is 0.770. The van der Waals surface area contributed by atoms with E-state index in [-0.39, 0.29) is 17.1 Å². The number of pyridine rings is 1. The minimum Gasteiger partial charge on any atom is -0.449 e. The van der Waals surface area contributed by atoms with Crippen molar-refractivity contribution in [3.63, 3.8) is 0 Å². The molecule has 23 heavy (non-hydrogen) atoms. The van der Waals surface area contributed by atoms with E-state index >= 15 is 0 Å². The molecule has 0 unspecified atom stereocenters. The van der Waals surface area contributed by atoms with E-state index in [1.165, 1.54) is 4.88 Å². The highest BCUT2D eigenvalue weighted by Gasteiger charge is 2.34. The van der Waals surface area contributed by atoms with Crippen LogP contribution in [-0.4, -0.2) is 15.9 Å². The smallest absolute Gasteiger partial charge is 0.293 e. The Morgan fingerprint density at radius 1 is 1.35 bits per heavy atom. The van der Waals surface area contributed by atoms with Crippen LogP contribution in [0, 0.1) is 6.92 Å². The Bertz CT molecular complexity index is 923. The maximum absolute atomic E-state index is 12.4. The number of anilines is 1. The summed E-state index contributed by atoms with van der Waals surface area (Å²) in [6.45, 7) is 6.29. The van der Waals surface area contributed by atoms with Crippen LogP contribution in [0.2, 0.25) is 0 Å². The summed E-state index contributed by atoms with van der Waals surface area (Å²) in [5.41, 5.74) is 3.40. The fourth-order valence-corrected chi connectivity index (χ4v) is 4.08. The predicted molar refractivity (Wildman–Crippen MR) is 90.2 cm³/mol. The summed E-state index contributed by atoms with van der Waals surface area (Å²) >= 11 is 1.56. The van der Waals surface area contributed by atoms with Crippen molar-refractivity contribution in [2.45, 2.75) is 39.0 Å². The van der Waals surface area contributed by atoms with E-state index in [4.69, 9.17) is 4.42 Å². The molecule has 4 rings (SSSR count). The number of aryl methyl sites for hydroxylation is 2. The lowest BCUT2D eigenvalue weighted by atomic mass is 9.91. The van der Waals surface area contributed by atoms with E-state index in [2.05, 4.69) is 29.1 Å². The van der Waals surface area contributed by atoms with E-state index in [0.29, 0.717) is 16.2 Å². The van der Waals surface area contributed by atoms with Crippen molar-refractivity contribution in [3.05, 3.63) is 40.2 Å². The highest BCUT2D eigenvalue weighted by atomic mass is 32.1. The summed E-state index contributed by atoms with van der Waals surface area (Å²) in [7, 11) is 0. The van der Waals surface area contributed by atoms with Gasteiger partial charge in [-0.2, -0.15) is 0 Å². The Morgan fingerprint density at radius 3 is 2.96 bits per heavy atom. The first-order valence-corrected chi connectivity index (χ1v) is 8.43. The van der Waals surface area contributed by atoms with E-state index in [9.17, 15) is 4.79 Å². The van der Waals surface area contributed by atoms with E-state index in [0.717, 1.165) is 24.2 Å². The number of hydrogen-bond acceptors (Lipinski definition) is 5. The molecule has 1 aliphatic carbocycles. The number of nitrogens with zero attached hydrogens (tertiary/aromatic N) is 2. The van der Waals surface area contributed by atoms with Crippen LogP contribution in [0.1, 0.15) is 47.1 Å². The first kappa shape index (κ1) is 14.4. The maximum Gasteiger partial charge on any atom is 0.293 e. The van der Waals surface area contributed by atoms with Crippen molar-refractivity contribution in [2.24, 2.45) is 0 Å². The van der Waals surface area contributed by atoms with Gasteiger partial charge in [-0.05, 0) is 31.9 Å². The molecule has 3 aromatic heterocycles. The van der Waals surface area contributed by atoms with Crippen LogP contribution < -0.4 is 5.32 Å². The van der Waals surface area contributed by atoms with Crippen LogP contribution >= 0.6 is 11.3 Å². The molecule has 0 fully saturated rings. The Balaban J connectivity index is 1.60. The number of nitrogens with one attached hydrogen (secondary N) is 1. The molecule has 1 N–H and O–H groups in total. The van der Waals surface area contributed by atoms with Crippen molar-refractivity contribution in [2.75, 3.05) is 5.32 Å². The second kappa shape index (κ2) is 4.89. The number of carbonyl (C=O) groups excluding carboxylic acids is 1. The Kier molecular flexibility index (Phi) is 3.06. The van der Waals surface area contributed by atoms with Gasteiger partial charge in [-0.15, -0.1) is 11.3 Å². The SMILES string of the molecule is Cc1ccc2oc(C(=O)Nc3nc4c(s3)CCC4(C)C)cc2n1. The summed E-state index contributed by atoms with van der Waals surface area (Å²) in [5.74, 6) is -0.0291. The van der Waals surface area contributed by atoms with Gasteiger partial charge in [0.05, 0.1) is 5.69 Å². The van der Waals surface area contributed by atoms with Gasteiger partial charge < -0.3 is 4.42 Å². The van der Waals surface area contributed by atoms with Crippen molar-refractivity contribution in [1.29, 1.82) is 0 Å². The van der Waals surface area contributed by atoms with Crippen LogP contribution in [0.15, 0.2) is 22.6 Å². The lowest BCUT2D eigenvalue weighted by molar-refractivity contribution is 0.0998. The molecule has 6 heteroatoms. The molecule has 3 aromatic rings. The molecular formula is C17H17N3O2S. The minimum atomic E-state index is -0.286. The van der Waals surface area contributed by atoms with Crippen LogP contribution in [0.25, 0.3) is 11.1 Å². The van der Waals surface area contributed by atoms with Crippen LogP contribution in [0.4, 0.5) is 5.13 Å². The lowest BCUT2D eigenvalue weighted by Crippen LogP contribution is -2.14. The molecule has 0 aliphatic heterocycles. The number of aromatic nitrogens is 2. The predicted octanol–water partition coefficient (Wildman–Crippen LogP) is 4.07. The fourth-order valence-electron chi connectivity index (χ4n) is 2.94. The molecule has 0 bridgehead atoms. The van der Waals surface area contributed by atoms with Crippen LogP contribution in [0.3, 0.4) is 0 Å². The van der Waals surface area contributed by atoms with Crippen LogP contribution in [0.5, 0.6) is 0 Å². The third-order valence-electron chi connectivity index (χ3n) is 4.27. The average molecular weight is 327 g/mol. The minimum absolute atomic E-state index is 0.0929. The second-order valence-electron chi connectivity index (χ2n) is 6.58. The summed E-state index contributed by atoms with van der Waals surface area (Å²) < 4.78 is 5.58. The van der Waals surface area contributed by atoms with E-state index < -0.39 is 0 Å². The number of fused-ring (bicyclic) bond motifs is 2. The Morgan fingerprint density at radius 2 is 2.17 bits per heavy atom. The standard InChI is InChI=1S/C17H17N3O2S/c1-9-4-5-11-10(18-9)8-12(22-11)15(21)20-16-19-14-13(23-16)6-7-17(14,2)3/h4-5,8H,6-7H2,1-3H3,(H,19,20,21). The number of amides is 1. The van der Waals surface area contributed by atoms with Crippen molar-refractivity contribution in [1.82, 2.24) is 9.97 Å². The highest BCUT2D eigenvalue weighted by molar-refractivity contribution is 7.16. The highest BCUT2D eigenvalue weighted by Crippen LogP contribution is 2.42. The molecule has 0 spiro atoms. The second-order valence-corrected chi connectivity index (χ2v) is 7.66. The number of furan rings is 1. The van der Waals surface area contributed by atoms with E-state index in [1.807, 2.05) is 19.1 Å². The summed E-state index contributed by atoms with van der Waals surface area (Å²) in [6, 6.07) is 5.36. The first-order valence-electron chi connectivity index (χ1n) is 7.61. The van der Waals surface area contributed by atoms with Gasteiger partial charge in [-0.1, -0.05) is 13.8 Å². The molecule has 0 radical (unpaired) electrons. The van der Waals surface area contributed by atoms with Gasteiger partial charge in [0.2, 0.25) is 0 Å². The normalized spacial score (nSPS) is 15.8. The van der Waals surface area contributed by atoms with E-state index in [1.54, 1.807) is 17.4 Å². The largest absolute Gasteiger partial charge is 0.449 e. The third kappa shape index (κ3) is 2.43. The first-order chi connectivity index (χ1) is 10.9. The average Bonchev–Trinajstić information content (AvgIpc) is 3.14.